The summed E-state index contributed by atoms with van der Waals surface area (Å²) < 4.78 is 26.6. The SMILES string of the molecule is Nc1cc(C2CCCC2)nc(-c2cc(F)cc(F)c2)n1. The number of anilines is 1. The number of hydrogen-bond acceptors (Lipinski definition) is 3. The highest BCUT2D eigenvalue weighted by molar-refractivity contribution is 5.57. The molecule has 5 heteroatoms. The largest absolute Gasteiger partial charge is 0.384 e. The zero-order valence-corrected chi connectivity index (χ0v) is 10.9. The number of halogens is 2. The summed E-state index contributed by atoms with van der Waals surface area (Å²) in [7, 11) is 0. The quantitative estimate of drug-likeness (QED) is 0.910. The lowest BCUT2D eigenvalue weighted by Gasteiger charge is -2.11. The Hall–Kier alpha value is -2.04. The maximum absolute atomic E-state index is 13.3. The maximum atomic E-state index is 13.3. The Labute approximate surface area is 115 Å². The molecular weight excluding hydrogens is 260 g/mol. The number of aromatic nitrogens is 2. The van der Waals surface area contributed by atoms with Gasteiger partial charge in [0.15, 0.2) is 5.82 Å². The Balaban J connectivity index is 2.04. The molecule has 0 saturated heterocycles. The average Bonchev–Trinajstić information content (AvgIpc) is 2.90. The van der Waals surface area contributed by atoms with Crippen molar-refractivity contribution in [3.05, 3.63) is 41.6 Å². The smallest absolute Gasteiger partial charge is 0.161 e. The standard InChI is InChI=1S/C15H15F2N3/c16-11-5-10(6-12(17)7-11)15-19-13(8-14(18)20-15)9-3-1-2-4-9/h5-9H,1-4H2,(H2,18,19,20). The zero-order valence-electron chi connectivity index (χ0n) is 10.9. The van der Waals surface area contributed by atoms with Crippen LogP contribution in [0, 0.1) is 11.6 Å². The molecule has 2 aromatic rings. The van der Waals surface area contributed by atoms with Gasteiger partial charge >= 0.3 is 0 Å². The highest BCUT2D eigenvalue weighted by Gasteiger charge is 2.20. The van der Waals surface area contributed by atoms with Crippen LogP contribution in [0.15, 0.2) is 24.3 Å². The van der Waals surface area contributed by atoms with Gasteiger partial charge in [-0.15, -0.1) is 0 Å². The normalized spacial score (nSPS) is 15.7. The molecule has 0 spiro atoms. The number of nitrogens with zero attached hydrogens (tertiary/aromatic N) is 2. The van der Waals surface area contributed by atoms with Gasteiger partial charge in [-0.1, -0.05) is 12.8 Å². The molecule has 0 bridgehead atoms. The maximum Gasteiger partial charge on any atom is 0.161 e. The number of rotatable bonds is 2. The first-order chi connectivity index (χ1) is 9.61. The van der Waals surface area contributed by atoms with Gasteiger partial charge in [0, 0.05) is 29.3 Å². The summed E-state index contributed by atoms with van der Waals surface area (Å²) in [5.41, 5.74) is 6.99. The third-order valence-corrected chi connectivity index (χ3v) is 3.66. The van der Waals surface area contributed by atoms with Crippen LogP contribution in [0.1, 0.15) is 37.3 Å². The minimum Gasteiger partial charge on any atom is -0.384 e. The van der Waals surface area contributed by atoms with E-state index in [1.54, 1.807) is 6.07 Å². The van der Waals surface area contributed by atoms with Gasteiger partial charge in [0.1, 0.15) is 17.5 Å². The van der Waals surface area contributed by atoms with Gasteiger partial charge in [-0.2, -0.15) is 0 Å². The van der Waals surface area contributed by atoms with Crippen LogP contribution >= 0.6 is 0 Å². The van der Waals surface area contributed by atoms with Crippen LogP contribution in [0.2, 0.25) is 0 Å². The Morgan fingerprint density at radius 2 is 1.60 bits per heavy atom. The minimum absolute atomic E-state index is 0.283. The van der Waals surface area contributed by atoms with Crippen molar-refractivity contribution in [1.29, 1.82) is 0 Å². The summed E-state index contributed by atoms with van der Waals surface area (Å²) in [6.45, 7) is 0. The fraction of sp³-hybridized carbons (Fsp3) is 0.333. The molecular formula is C15H15F2N3. The lowest BCUT2D eigenvalue weighted by molar-refractivity contribution is 0.584. The third-order valence-electron chi connectivity index (χ3n) is 3.66. The van der Waals surface area contributed by atoms with Crippen molar-refractivity contribution in [3.63, 3.8) is 0 Å². The fourth-order valence-electron chi connectivity index (χ4n) is 2.73. The van der Waals surface area contributed by atoms with Crippen LogP contribution in [-0.2, 0) is 0 Å². The Morgan fingerprint density at radius 1 is 0.950 bits per heavy atom. The second kappa shape index (κ2) is 5.15. The predicted molar refractivity (Wildman–Crippen MR) is 73.0 cm³/mol. The molecule has 1 fully saturated rings. The molecule has 2 N–H and O–H groups in total. The third kappa shape index (κ3) is 2.61. The van der Waals surface area contributed by atoms with E-state index in [2.05, 4.69) is 9.97 Å². The van der Waals surface area contributed by atoms with Crippen molar-refractivity contribution < 1.29 is 8.78 Å². The zero-order chi connectivity index (χ0) is 14.1. The Morgan fingerprint density at radius 3 is 2.25 bits per heavy atom. The molecule has 1 heterocycles. The average molecular weight is 275 g/mol. The summed E-state index contributed by atoms with van der Waals surface area (Å²) in [4.78, 5) is 8.53. The van der Waals surface area contributed by atoms with Gasteiger partial charge in [-0.3, -0.25) is 0 Å². The van der Waals surface area contributed by atoms with Gasteiger partial charge in [0.2, 0.25) is 0 Å². The Bertz CT molecular complexity index is 617. The monoisotopic (exact) mass is 275 g/mol. The molecule has 0 amide bonds. The van der Waals surface area contributed by atoms with Gasteiger partial charge in [0.05, 0.1) is 0 Å². The summed E-state index contributed by atoms with van der Waals surface area (Å²) >= 11 is 0. The van der Waals surface area contributed by atoms with Crippen LogP contribution in [0.25, 0.3) is 11.4 Å². The number of nitrogen functional groups attached to an aromatic ring is 1. The molecule has 1 aliphatic carbocycles. The van der Waals surface area contributed by atoms with Crippen molar-refractivity contribution in [2.75, 3.05) is 5.73 Å². The second-order valence-corrected chi connectivity index (χ2v) is 5.18. The van der Waals surface area contributed by atoms with E-state index in [1.165, 1.54) is 25.0 Å². The van der Waals surface area contributed by atoms with E-state index in [1.807, 2.05) is 0 Å². The molecule has 1 saturated carbocycles. The van der Waals surface area contributed by atoms with Crippen molar-refractivity contribution in [1.82, 2.24) is 9.97 Å². The summed E-state index contributed by atoms with van der Waals surface area (Å²) in [6, 6.07) is 5.02. The first-order valence-corrected chi connectivity index (χ1v) is 6.73. The molecule has 1 aromatic carbocycles. The molecule has 0 radical (unpaired) electrons. The van der Waals surface area contributed by atoms with Crippen LogP contribution in [0.5, 0.6) is 0 Å². The summed E-state index contributed by atoms with van der Waals surface area (Å²) in [6.07, 6.45) is 4.51. The van der Waals surface area contributed by atoms with Crippen molar-refractivity contribution in [2.45, 2.75) is 31.6 Å². The fourth-order valence-corrected chi connectivity index (χ4v) is 2.73. The van der Waals surface area contributed by atoms with E-state index in [0.717, 1.165) is 24.6 Å². The molecule has 0 atom stereocenters. The lowest BCUT2D eigenvalue weighted by Crippen LogP contribution is -2.03. The molecule has 0 aliphatic heterocycles. The molecule has 20 heavy (non-hydrogen) atoms. The first-order valence-electron chi connectivity index (χ1n) is 6.73. The van der Waals surface area contributed by atoms with Crippen molar-refractivity contribution >= 4 is 5.82 Å². The van der Waals surface area contributed by atoms with E-state index in [0.29, 0.717) is 17.3 Å². The Kier molecular flexibility index (Phi) is 3.34. The van der Waals surface area contributed by atoms with E-state index >= 15 is 0 Å². The van der Waals surface area contributed by atoms with Gasteiger partial charge in [-0.25, -0.2) is 18.7 Å². The summed E-state index contributed by atoms with van der Waals surface area (Å²) in [5, 5.41) is 0. The second-order valence-electron chi connectivity index (χ2n) is 5.18. The molecule has 3 rings (SSSR count). The predicted octanol–water partition coefficient (Wildman–Crippen LogP) is 3.66. The molecule has 1 aromatic heterocycles. The van der Waals surface area contributed by atoms with Crippen LogP contribution in [0.3, 0.4) is 0 Å². The first kappa shape index (κ1) is 13.0. The van der Waals surface area contributed by atoms with E-state index in [4.69, 9.17) is 5.73 Å². The molecule has 3 nitrogen and oxygen atoms in total. The van der Waals surface area contributed by atoms with Crippen LogP contribution in [0.4, 0.5) is 14.6 Å². The lowest BCUT2D eigenvalue weighted by atomic mass is 10.0. The van der Waals surface area contributed by atoms with Crippen molar-refractivity contribution in [3.8, 4) is 11.4 Å². The molecule has 1 aliphatic rings. The molecule has 0 unspecified atom stereocenters. The highest BCUT2D eigenvalue weighted by Crippen LogP contribution is 2.34. The van der Waals surface area contributed by atoms with Crippen molar-refractivity contribution in [2.24, 2.45) is 0 Å². The molecule has 104 valence electrons. The van der Waals surface area contributed by atoms with E-state index < -0.39 is 11.6 Å². The van der Waals surface area contributed by atoms with Crippen LogP contribution < -0.4 is 5.73 Å². The minimum atomic E-state index is -0.645. The van der Waals surface area contributed by atoms with Gasteiger partial charge in [0.25, 0.3) is 0 Å². The van der Waals surface area contributed by atoms with Gasteiger partial charge < -0.3 is 5.73 Å². The topological polar surface area (TPSA) is 51.8 Å². The number of hydrogen-bond donors (Lipinski definition) is 1. The van der Waals surface area contributed by atoms with E-state index in [9.17, 15) is 8.78 Å². The van der Waals surface area contributed by atoms with Crippen LogP contribution in [-0.4, -0.2) is 9.97 Å². The van der Waals surface area contributed by atoms with E-state index in [-0.39, 0.29) is 5.82 Å². The number of benzene rings is 1. The number of nitrogens with two attached hydrogens (primary N) is 1. The highest BCUT2D eigenvalue weighted by atomic mass is 19.1. The summed E-state index contributed by atoms with van der Waals surface area (Å²) in [5.74, 6) is -0.300. The van der Waals surface area contributed by atoms with Gasteiger partial charge in [-0.05, 0) is 25.0 Å².